The normalized spacial score (nSPS) is 11.2. The summed E-state index contributed by atoms with van der Waals surface area (Å²) in [7, 11) is 0. The van der Waals surface area contributed by atoms with Crippen molar-refractivity contribution < 1.29 is 4.79 Å². The first-order valence-corrected chi connectivity index (χ1v) is 9.30. The molecule has 3 aromatic rings. The van der Waals surface area contributed by atoms with Crippen LogP contribution in [0.3, 0.4) is 0 Å². The summed E-state index contributed by atoms with van der Waals surface area (Å²) < 4.78 is 0. The Hall–Kier alpha value is -2.20. The minimum atomic E-state index is -0.346. The van der Waals surface area contributed by atoms with Crippen molar-refractivity contribution in [1.82, 2.24) is 4.98 Å². The molecule has 0 atom stereocenters. The van der Waals surface area contributed by atoms with Crippen LogP contribution < -0.4 is 5.73 Å². The summed E-state index contributed by atoms with van der Waals surface area (Å²) in [5.41, 5.74) is 12.9. The van der Waals surface area contributed by atoms with Crippen molar-refractivity contribution in [3.05, 3.63) is 52.7 Å². The number of carbonyl (C=O) groups is 1. The predicted octanol–water partition coefficient (Wildman–Crippen LogP) is 4.83. The molecule has 0 radical (unpaired) electrons. The number of rotatable bonds is 4. The lowest BCUT2D eigenvalue weighted by Gasteiger charge is -2.21. The van der Waals surface area contributed by atoms with Crippen LogP contribution in [0, 0.1) is 13.8 Å². The third kappa shape index (κ3) is 2.42. The van der Waals surface area contributed by atoms with E-state index < -0.39 is 0 Å². The maximum absolute atomic E-state index is 12.1. The molecule has 0 unspecified atom stereocenters. The fraction of sp³-hybridized carbons (Fsp3) is 0.250. The molecule has 3 nitrogen and oxygen atoms in total. The molecule has 0 bridgehead atoms. The highest BCUT2D eigenvalue weighted by Crippen LogP contribution is 2.42. The molecule has 0 aliphatic carbocycles. The molecule has 3 rings (SSSR count). The maximum Gasteiger partial charge on any atom is 0.249 e. The van der Waals surface area contributed by atoms with Crippen molar-refractivity contribution in [1.29, 1.82) is 0 Å². The van der Waals surface area contributed by atoms with Crippen LogP contribution in [-0.4, -0.2) is 17.1 Å². The Bertz CT molecular complexity index is 940. The lowest BCUT2D eigenvalue weighted by atomic mass is 9.87. The Labute approximate surface area is 146 Å². The van der Waals surface area contributed by atoms with Gasteiger partial charge in [-0.05, 0) is 49.3 Å². The van der Waals surface area contributed by atoms with E-state index in [1.165, 1.54) is 10.3 Å². The largest absolute Gasteiger partial charge is 0.366 e. The quantitative estimate of drug-likeness (QED) is 0.669. The van der Waals surface area contributed by atoms with Crippen LogP contribution in [0.25, 0.3) is 22.0 Å². The molecule has 124 valence electrons. The van der Waals surface area contributed by atoms with E-state index in [-0.39, 0.29) is 5.91 Å². The first-order valence-electron chi connectivity index (χ1n) is 8.07. The molecule has 0 fully saturated rings. The molecule has 24 heavy (non-hydrogen) atoms. The Morgan fingerprint density at radius 2 is 1.92 bits per heavy atom. The van der Waals surface area contributed by atoms with Gasteiger partial charge in [0, 0.05) is 38.7 Å². The molecule has 0 saturated carbocycles. The molecule has 4 heteroatoms. The number of H-pyrrole nitrogens is 1. The minimum Gasteiger partial charge on any atom is -0.366 e. The molecule has 1 heterocycles. The van der Waals surface area contributed by atoms with Crippen LogP contribution in [0.15, 0.2) is 35.4 Å². The van der Waals surface area contributed by atoms with Crippen molar-refractivity contribution in [3.8, 4) is 11.1 Å². The number of hydrogen-bond acceptors (Lipinski definition) is 2. The molecule has 3 N–H and O–H groups in total. The molecule has 1 aromatic heterocycles. The lowest BCUT2D eigenvalue weighted by molar-refractivity contribution is 0.0998. The van der Waals surface area contributed by atoms with E-state index in [1.54, 1.807) is 11.8 Å². The highest BCUT2D eigenvalue weighted by atomic mass is 32.2. The van der Waals surface area contributed by atoms with Gasteiger partial charge in [-0.1, -0.05) is 25.1 Å². The van der Waals surface area contributed by atoms with Crippen molar-refractivity contribution in [2.24, 2.45) is 5.73 Å². The predicted molar refractivity (Wildman–Crippen MR) is 103 cm³/mol. The topological polar surface area (TPSA) is 58.9 Å². The third-order valence-corrected chi connectivity index (χ3v) is 5.69. The van der Waals surface area contributed by atoms with Crippen LogP contribution in [0.4, 0.5) is 0 Å². The number of aromatic nitrogens is 1. The first kappa shape index (κ1) is 16.7. The zero-order valence-electron chi connectivity index (χ0n) is 14.5. The molecule has 1 amide bonds. The van der Waals surface area contributed by atoms with Gasteiger partial charge in [-0.15, -0.1) is 11.8 Å². The highest BCUT2D eigenvalue weighted by molar-refractivity contribution is 7.98. The number of carbonyl (C=O) groups excluding carboxylic acids is 1. The van der Waals surface area contributed by atoms with E-state index in [4.69, 9.17) is 5.73 Å². The van der Waals surface area contributed by atoms with Gasteiger partial charge in [0.1, 0.15) is 0 Å². The summed E-state index contributed by atoms with van der Waals surface area (Å²) in [6.07, 6.45) is 4.89. The van der Waals surface area contributed by atoms with Gasteiger partial charge in [-0.3, -0.25) is 4.79 Å². The zero-order valence-corrected chi connectivity index (χ0v) is 15.3. The average molecular weight is 338 g/mol. The number of thioether (sulfide) groups is 1. The summed E-state index contributed by atoms with van der Waals surface area (Å²) in [6, 6.07) is 8.25. The standard InChI is InChI=1S/C20H22N2OS/c1-5-13-17(20(21)23)11(2)12(3)19(24-4)18(13)15-10-22-16-9-7-6-8-14(15)16/h6-10,22H,5H2,1-4H3,(H2,21,23). The third-order valence-electron chi connectivity index (χ3n) is 4.77. The molecule has 0 saturated heterocycles. The Morgan fingerprint density at radius 3 is 2.54 bits per heavy atom. The minimum absolute atomic E-state index is 0.346. The van der Waals surface area contributed by atoms with Crippen molar-refractivity contribution in [3.63, 3.8) is 0 Å². The summed E-state index contributed by atoms with van der Waals surface area (Å²) in [5, 5.41) is 1.17. The fourth-order valence-corrected chi connectivity index (χ4v) is 4.44. The van der Waals surface area contributed by atoms with Gasteiger partial charge in [0.05, 0.1) is 0 Å². The Morgan fingerprint density at radius 1 is 1.21 bits per heavy atom. The zero-order chi connectivity index (χ0) is 17.4. The summed E-state index contributed by atoms with van der Waals surface area (Å²) >= 11 is 1.73. The van der Waals surface area contributed by atoms with E-state index in [0.717, 1.165) is 39.8 Å². The van der Waals surface area contributed by atoms with Gasteiger partial charge in [0.25, 0.3) is 0 Å². The van der Waals surface area contributed by atoms with Gasteiger partial charge in [0.15, 0.2) is 0 Å². The second-order valence-electron chi connectivity index (χ2n) is 5.98. The summed E-state index contributed by atoms with van der Waals surface area (Å²) in [6.45, 7) is 6.15. The van der Waals surface area contributed by atoms with Crippen LogP contribution in [-0.2, 0) is 6.42 Å². The Kier molecular flexibility index (Phi) is 4.41. The van der Waals surface area contributed by atoms with Gasteiger partial charge in [0.2, 0.25) is 5.91 Å². The van der Waals surface area contributed by atoms with E-state index in [1.807, 2.05) is 25.3 Å². The average Bonchev–Trinajstić information content (AvgIpc) is 2.99. The monoisotopic (exact) mass is 338 g/mol. The number of nitrogens with two attached hydrogens (primary N) is 1. The van der Waals surface area contributed by atoms with E-state index in [2.05, 4.69) is 37.2 Å². The van der Waals surface area contributed by atoms with Crippen molar-refractivity contribution in [2.75, 3.05) is 6.26 Å². The lowest BCUT2D eigenvalue weighted by Crippen LogP contribution is -2.17. The number of benzene rings is 2. The number of fused-ring (bicyclic) bond motifs is 1. The molecule has 0 aliphatic rings. The van der Waals surface area contributed by atoms with E-state index in [9.17, 15) is 4.79 Å². The molecule has 0 aliphatic heterocycles. The number of nitrogens with one attached hydrogen (secondary N) is 1. The second kappa shape index (κ2) is 6.36. The molecule has 2 aromatic carbocycles. The highest BCUT2D eigenvalue weighted by Gasteiger charge is 2.23. The Balaban J connectivity index is 2.48. The van der Waals surface area contributed by atoms with E-state index >= 15 is 0 Å². The summed E-state index contributed by atoms with van der Waals surface area (Å²) in [5.74, 6) is -0.346. The number of para-hydroxylation sites is 1. The summed E-state index contributed by atoms with van der Waals surface area (Å²) in [4.78, 5) is 16.7. The van der Waals surface area contributed by atoms with Gasteiger partial charge in [-0.2, -0.15) is 0 Å². The number of amides is 1. The molecular weight excluding hydrogens is 316 g/mol. The van der Waals surface area contributed by atoms with Crippen LogP contribution in [0.2, 0.25) is 0 Å². The fourth-order valence-electron chi connectivity index (χ4n) is 3.54. The second-order valence-corrected chi connectivity index (χ2v) is 6.79. The maximum atomic E-state index is 12.1. The number of aromatic amines is 1. The van der Waals surface area contributed by atoms with Crippen LogP contribution >= 0.6 is 11.8 Å². The van der Waals surface area contributed by atoms with Gasteiger partial charge < -0.3 is 10.7 Å². The number of primary amides is 1. The smallest absolute Gasteiger partial charge is 0.249 e. The van der Waals surface area contributed by atoms with Gasteiger partial charge >= 0.3 is 0 Å². The van der Waals surface area contributed by atoms with E-state index in [0.29, 0.717) is 5.56 Å². The van der Waals surface area contributed by atoms with Crippen LogP contribution in [0.1, 0.15) is 34.0 Å². The molecule has 0 spiro atoms. The van der Waals surface area contributed by atoms with Crippen molar-refractivity contribution >= 4 is 28.6 Å². The van der Waals surface area contributed by atoms with Crippen molar-refractivity contribution in [2.45, 2.75) is 32.1 Å². The SMILES string of the molecule is CCc1c(C(N)=O)c(C)c(C)c(SC)c1-c1c[nH]c2ccccc12. The number of hydrogen-bond donors (Lipinski definition) is 2. The first-order chi connectivity index (χ1) is 11.5. The van der Waals surface area contributed by atoms with Gasteiger partial charge in [-0.25, -0.2) is 0 Å². The molecular formula is C20H22N2OS. The van der Waals surface area contributed by atoms with Crippen LogP contribution in [0.5, 0.6) is 0 Å².